The van der Waals surface area contributed by atoms with Crippen LogP contribution in [0.1, 0.15) is 99.5 Å². The molecule has 14 nitrogen and oxygen atoms in total. The van der Waals surface area contributed by atoms with Gasteiger partial charge in [-0.05, 0) is 59.0 Å². The van der Waals surface area contributed by atoms with Crippen molar-refractivity contribution in [2.45, 2.75) is 131 Å². The van der Waals surface area contributed by atoms with Gasteiger partial charge in [0.25, 0.3) is 0 Å². The molecule has 59 heavy (non-hydrogen) atoms. The van der Waals surface area contributed by atoms with E-state index in [1.807, 2.05) is 71.8 Å². The van der Waals surface area contributed by atoms with E-state index in [1.165, 1.54) is 19.1 Å². The van der Waals surface area contributed by atoms with Crippen LogP contribution in [0.4, 0.5) is 0 Å². The largest absolute Gasteiger partial charge is 0.382 e. The molecule has 1 saturated heterocycles. The Hall–Kier alpha value is -3.59. The molecular weight excluding hydrogens is 753 g/mol. The first-order valence-corrected chi connectivity index (χ1v) is 21.7. The van der Waals surface area contributed by atoms with Gasteiger partial charge in [0.2, 0.25) is 29.5 Å². The zero-order valence-electron chi connectivity index (χ0n) is 39.1. The number of hydrogen-bond acceptors (Lipinski definition) is 9. The lowest BCUT2D eigenvalue weighted by molar-refractivity contribution is -0.146. The Kier molecular flexibility index (Phi) is 29.4. The van der Waals surface area contributed by atoms with E-state index in [-0.39, 0.29) is 73.0 Å². The molecule has 0 aromatic heterocycles. The predicted molar refractivity (Wildman–Crippen MR) is 236 cm³/mol. The van der Waals surface area contributed by atoms with E-state index >= 15 is 0 Å². The molecule has 7 atom stereocenters. The van der Waals surface area contributed by atoms with Crippen LogP contribution in [0.3, 0.4) is 0 Å². The second-order valence-corrected chi connectivity index (χ2v) is 16.0. The summed E-state index contributed by atoms with van der Waals surface area (Å²) in [6.45, 7) is 19.8. The summed E-state index contributed by atoms with van der Waals surface area (Å²) < 4.78 is 17.0. The van der Waals surface area contributed by atoms with Gasteiger partial charge in [-0.25, -0.2) is 0 Å². The lowest BCUT2D eigenvalue weighted by Gasteiger charge is -2.39. The first kappa shape index (κ1) is 55.4. The lowest BCUT2D eigenvalue weighted by Crippen LogP contribution is -2.55. The molecule has 340 valence electrons. The highest BCUT2D eigenvalue weighted by Crippen LogP contribution is 2.29. The summed E-state index contributed by atoms with van der Waals surface area (Å²) in [6, 6.07) is 9.13. The van der Waals surface area contributed by atoms with Crippen LogP contribution in [0.15, 0.2) is 30.3 Å². The number of rotatable bonds is 23. The summed E-state index contributed by atoms with van der Waals surface area (Å²) >= 11 is 0. The molecule has 1 heterocycles. The number of hydrogen-bond donors (Lipinski definition) is 3. The molecule has 0 spiro atoms. The molecule has 1 fully saturated rings. The van der Waals surface area contributed by atoms with Crippen molar-refractivity contribution in [3.63, 3.8) is 0 Å². The molecule has 1 aromatic carbocycles. The van der Waals surface area contributed by atoms with Crippen molar-refractivity contribution in [2.24, 2.45) is 17.8 Å². The van der Waals surface area contributed by atoms with Gasteiger partial charge in [-0.15, -0.1) is 0 Å². The average Bonchev–Trinajstić information content (AvgIpc) is 3.69. The number of carbonyl (C=O) groups is 5. The number of nitrogens with one attached hydrogen (secondary N) is 3. The summed E-state index contributed by atoms with van der Waals surface area (Å²) in [7, 11) is 8.43. The third kappa shape index (κ3) is 20.5. The first-order chi connectivity index (χ1) is 28.0. The van der Waals surface area contributed by atoms with Gasteiger partial charge in [0.1, 0.15) is 0 Å². The maximum absolute atomic E-state index is 13.9. The highest BCUT2D eigenvalue weighted by Gasteiger charge is 2.42. The van der Waals surface area contributed by atoms with Crippen molar-refractivity contribution in [2.75, 3.05) is 74.8 Å². The molecule has 1 aliphatic heterocycles. The first-order valence-electron chi connectivity index (χ1n) is 21.7. The number of likely N-dealkylation sites (tertiary alicyclic amines) is 1. The van der Waals surface area contributed by atoms with Crippen LogP contribution in [0.2, 0.25) is 0 Å². The van der Waals surface area contributed by atoms with E-state index in [4.69, 9.17) is 14.2 Å². The number of amides is 5. The fraction of sp³-hybridized carbons (Fsp3) is 0.756. The number of likely N-dealkylation sites (N-methyl/N-ethyl adjacent to an activating group) is 2. The minimum absolute atomic E-state index is 0.000667. The Morgan fingerprint density at radius 2 is 1.47 bits per heavy atom. The minimum atomic E-state index is -0.623. The number of methoxy groups -OCH3 is 2. The van der Waals surface area contributed by atoms with E-state index in [2.05, 4.69) is 48.9 Å². The molecular formula is C45H82N6O8. The smallest absolute Gasteiger partial charge is 0.242 e. The van der Waals surface area contributed by atoms with E-state index in [0.717, 1.165) is 12.8 Å². The minimum Gasteiger partial charge on any atom is -0.382 e. The second-order valence-electron chi connectivity index (χ2n) is 16.0. The van der Waals surface area contributed by atoms with Crippen LogP contribution in [0.5, 0.6) is 0 Å². The van der Waals surface area contributed by atoms with Crippen LogP contribution < -0.4 is 16.0 Å². The molecule has 14 heteroatoms. The fourth-order valence-electron chi connectivity index (χ4n) is 7.32. The van der Waals surface area contributed by atoms with E-state index in [9.17, 15) is 24.0 Å². The highest BCUT2D eigenvalue weighted by molar-refractivity contribution is 5.88. The summed E-state index contributed by atoms with van der Waals surface area (Å²) in [6.07, 6.45) is 2.94. The van der Waals surface area contributed by atoms with Gasteiger partial charge >= 0.3 is 0 Å². The van der Waals surface area contributed by atoms with Gasteiger partial charge in [-0.3, -0.25) is 28.9 Å². The quantitative estimate of drug-likeness (QED) is 0.133. The van der Waals surface area contributed by atoms with Gasteiger partial charge in [0.15, 0.2) is 0 Å². The van der Waals surface area contributed by atoms with Gasteiger partial charge in [-0.1, -0.05) is 97.2 Å². The Morgan fingerprint density at radius 3 is 1.97 bits per heavy atom. The Morgan fingerprint density at radius 1 is 0.864 bits per heavy atom. The van der Waals surface area contributed by atoms with Crippen molar-refractivity contribution in [3.05, 3.63) is 35.9 Å². The SMILES string of the molecule is CCC.CCOCCCNC(=O)CNC(=O)C(C)C(OC)C1CCCN1C(=O)CC(OC)C(C(C)CC)N(C)C(=O)CNC(=O)C(C(C)C)N(C)C.Cc1ccccc1. The van der Waals surface area contributed by atoms with Gasteiger partial charge in [0, 0.05) is 47.6 Å². The second kappa shape index (κ2) is 31.3. The van der Waals surface area contributed by atoms with Crippen molar-refractivity contribution in [3.8, 4) is 0 Å². The van der Waals surface area contributed by atoms with Crippen molar-refractivity contribution in [1.82, 2.24) is 30.7 Å². The highest BCUT2D eigenvalue weighted by atomic mass is 16.5. The number of aryl methyl sites for hydroxylation is 1. The topological polar surface area (TPSA) is 159 Å². The van der Waals surface area contributed by atoms with Crippen molar-refractivity contribution >= 4 is 29.5 Å². The maximum Gasteiger partial charge on any atom is 0.242 e. The zero-order chi connectivity index (χ0) is 45.1. The summed E-state index contributed by atoms with van der Waals surface area (Å²) in [5.74, 6) is -1.81. The van der Waals surface area contributed by atoms with Crippen LogP contribution in [0.25, 0.3) is 0 Å². The number of carbonyl (C=O) groups excluding carboxylic acids is 5. The van der Waals surface area contributed by atoms with Crippen molar-refractivity contribution < 1.29 is 38.2 Å². The van der Waals surface area contributed by atoms with Gasteiger partial charge in [0.05, 0.1) is 55.8 Å². The molecule has 3 N–H and O–H groups in total. The summed E-state index contributed by atoms with van der Waals surface area (Å²) in [5, 5.41) is 8.26. The van der Waals surface area contributed by atoms with Crippen LogP contribution >= 0.6 is 0 Å². The van der Waals surface area contributed by atoms with E-state index in [1.54, 1.807) is 30.9 Å². The average molecular weight is 835 g/mol. The lowest BCUT2D eigenvalue weighted by atomic mass is 9.90. The molecule has 0 aliphatic carbocycles. The molecule has 2 rings (SSSR count). The molecule has 5 amide bonds. The fourth-order valence-corrected chi connectivity index (χ4v) is 7.32. The molecule has 0 bridgehead atoms. The predicted octanol–water partition coefficient (Wildman–Crippen LogP) is 4.68. The van der Waals surface area contributed by atoms with Crippen molar-refractivity contribution in [1.29, 1.82) is 0 Å². The standard InChI is InChI=1S/C35H66N6O8.C7H8.C3H8/c1-12-24(5)32(40(9)30(44)22-38-35(46)31(23(3)4)39(7)8)27(47-10)20-29(43)41-18-14-16-26(41)33(48-11)25(6)34(45)37-21-28(42)36-17-15-19-49-13-2;1-7-5-3-2-4-6-7;1-3-2/h23-27,31-33H,12-22H2,1-11H3,(H,36,42)(H,37,45)(H,38,46);2-6H,1H3;3H2,1-2H3. The number of nitrogens with zero attached hydrogens (tertiary/aromatic N) is 3. The molecule has 1 aromatic rings. The number of ether oxygens (including phenoxy) is 3. The third-order valence-corrected chi connectivity index (χ3v) is 10.5. The Bertz CT molecular complexity index is 1320. The molecule has 0 radical (unpaired) electrons. The molecule has 1 aliphatic rings. The van der Waals surface area contributed by atoms with Gasteiger partial charge < -0.3 is 40.0 Å². The number of benzene rings is 1. The van der Waals surface area contributed by atoms with E-state index < -0.39 is 24.2 Å². The zero-order valence-corrected chi connectivity index (χ0v) is 39.1. The van der Waals surface area contributed by atoms with Gasteiger partial charge in [-0.2, -0.15) is 0 Å². The Labute approximate surface area is 357 Å². The maximum atomic E-state index is 13.9. The van der Waals surface area contributed by atoms with E-state index in [0.29, 0.717) is 39.1 Å². The molecule has 7 unspecified atom stereocenters. The summed E-state index contributed by atoms with van der Waals surface area (Å²) in [5.41, 5.74) is 1.32. The van der Waals surface area contributed by atoms with Crippen LogP contribution in [0, 0.1) is 24.7 Å². The Balaban J connectivity index is 0.00000294. The molecule has 0 saturated carbocycles. The monoisotopic (exact) mass is 835 g/mol. The third-order valence-electron chi connectivity index (χ3n) is 10.5. The summed E-state index contributed by atoms with van der Waals surface area (Å²) in [4.78, 5) is 70.7. The van der Waals surface area contributed by atoms with Crippen LogP contribution in [-0.4, -0.2) is 149 Å². The normalized spacial score (nSPS) is 16.6. The van der Waals surface area contributed by atoms with Crippen LogP contribution in [-0.2, 0) is 38.2 Å².